The highest BCUT2D eigenvalue weighted by Crippen LogP contribution is 2.31. The van der Waals surface area contributed by atoms with Crippen molar-refractivity contribution in [1.29, 1.82) is 0 Å². The zero-order valence-electron chi connectivity index (χ0n) is 16.5. The molecular formula is C21H25ClN2O5S. The first kappa shape index (κ1) is 22.7. The van der Waals surface area contributed by atoms with Gasteiger partial charge in [-0.3, -0.25) is 4.79 Å². The van der Waals surface area contributed by atoms with Gasteiger partial charge in [0.25, 0.3) is 0 Å². The molecule has 9 heteroatoms. The van der Waals surface area contributed by atoms with Crippen LogP contribution < -0.4 is 10.0 Å². The SMILES string of the molecule is CC(CC(O)CNS(=O)(=O)c1ccc(Cl)cc1)C(=O)NC1c2ccccc2CC1O. The van der Waals surface area contributed by atoms with Gasteiger partial charge in [0.15, 0.2) is 0 Å². The summed E-state index contributed by atoms with van der Waals surface area (Å²) in [5.74, 6) is -0.879. The number of amides is 1. The fourth-order valence-corrected chi connectivity index (χ4v) is 4.74. The van der Waals surface area contributed by atoms with Crippen molar-refractivity contribution >= 4 is 27.5 Å². The lowest BCUT2D eigenvalue weighted by atomic mass is 10.0. The quantitative estimate of drug-likeness (QED) is 0.487. The molecule has 7 nitrogen and oxygen atoms in total. The summed E-state index contributed by atoms with van der Waals surface area (Å²) >= 11 is 5.77. The normalized spacial score (nSPS) is 20.4. The number of aliphatic hydroxyl groups excluding tert-OH is 2. The summed E-state index contributed by atoms with van der Waals surface area (Å²) in [7, 11) is -3.79. The van der Waals surface area contributed by atoms with Crippen LogP contribution >= 0.6 is 11.6 Å². The van der Waals surface area contributed by atoms with Gasteiger partial charge in [0.05, 0.1) is 23.1 Å². The standard InChI is InChI=1S/C21H25ClN2O5S/c1-13(21(27)24-20-18-5-3-2-4-14(18)11-19(20)26)10-16(25)12-23-30(28,29)17-8-6-15(22)7-9-17/h2-9,13,16,19-20,23,25-26H,10-12H2,1H3,(H,24,27). The maximum Gasteiger partial charge on any atom is 0.240 e. The molecule has 162 valence electrons. The first-order chi connectivity index (χ1) is 14.2. The molecule has 0 spiro atoms. The number of rotatable bonds is 8. The highest BCUT2D eigenvalue weighted by molar-refractivity contribution is 7.89. The van der Waals surface area contributed by atoms with Crippen molar-refractivity contribution in [3.8, 4) is 0 Å². The molecule has 4 N–H and O–H groups in total. The molecule has 3 rings (SSSR count). The van der Waals surface area contributed by atoms with E-state index in [9.17, 15) is 23.4 Å². The number of carbonyl (C=O) groups is 1. The van der Waals surface area contributed by atoms with Crippen LogP contribution in [0.4, 0.5) is 0 Å². The molecule has 0 fully saturated rings. The fraction of sp³-hybridized carbons (Fsp3) is 0.381. The first-order valence-corrected chi connectivity index (χ1v) is 11.5. The van der Waals surface area contributed by atoms with E-state index in [-0.39, 0.29) is 23.8 Å². The Morgan fingerprint density at radius 1 is 1.20 bits per heavy atom. The van der Waals surface area contributed by atoms with E-state index in [1.165, 1.54) is 24.3 Å². The average molecular weight is 453 g/mol. The predicted octanol–water partition coefficient (Wildman–Crippen LogP) is 1.78. The van der Waals surface area contributed by atoms with Gasteiger partial charge in [0.1, 0.15) is 0 Å². The van der Waals surface area contributed by atoms with Crippen LogP contribution in [0.15, 0.2) is 53.4 Å². The summed E-state index contributed by atoms with van der Waals surface area (Å²) in [6.07, 6.45) is -1.20. The van der Waals surface area contributed by atoms with Crippen LogP contribution in [0.5, 0.6) is 0 Å². The number of fused-ring (bicyclic) bond motifs is 1. The summed E-state index contributed by atoms with van der Waals surface area (Å²) < 4.78 is 26.9. The maximum atomic E-state index is 12.6. The lowest BCUT2D eigenvalue weighted by Crippen LogP contribution is -2.39. The van der Waals surface area contributed by atoms with Crippen LogP contribution in [0.2, 0.25) is 5.02 Å². The molecule has 0 heterocycles. The molecule has 0 aromatic heterocycles. The molecule has 1 amide bonds. The molecule has 4 atom stereocenters. The van der Waals surface area contributed by atoms with Crippen LogP contribution in [0.3, 0.4) is 0 Å². The molecule has 1 aliphatic rings. The highest BCUT2D eigenvalue weighted by atomic mass is 35.5. The zero-order chi connectivity index (χ0) is 21.9. The van der Waals surface area contributed by atoms with Crippen LogP contribution in [0.1, 0.15) is 30.5 Å². The van der Waals surface area contributed by atoms with E-state index in [4.69, 9.17) is 11.6 Å². The van der Waals surface area contributed by atoms with E-state index in [2.05, 4.69) is 10.0 Å². The summed E-state index contributed by atoms with van der Waals surface area (Å²) in [5.41, 5.74) is 1.89. The number of aliphatic hydroxyl groups is 2. The van der Waals surface area contributed by atoms with Gasteiger partial charge in [-0.2, -0.15) is 0 Å². The molecule has 1 aliphatic carbocycles. The third-order valence-electron chi connectivity index (χ3n) is 5.21. The van der Waals surface area contributed by atoms with Crippen molar-refractivity contribution < 1.29 is 23.4 Å². The monoisotopic (exact) mass is 452 g/mol. The number of sulfonamides is 1. The Bertz CT molecular complexity index is 997. The third-order valence-corrected chi connectivity index (χ3v) is 6.90. The van der Waals surface area contributed by atoms with E-state index >= 15 is 0 Å². The van der Waals surface area contributed by atoms with Gasteiger partial charge < -0.3 is 15.5 Å². The Kier molecular flexibility index (Phi) is 7.15. The minimum absolute atomic E-state index is 0.0405. The van der Waals surface area contributed by atoms with Crippen molar-refractivity contribution in [3.63, 3.8) is 0 Å². The molecular weight excluding hydrogens is 428 g/mol. The van der Waals surface area contributed by atoms with Crippen molar-refractivity contribution in [2.75, 3.05) is 6.54 Å². The second kappa shape index (κ2) is 9.45. The summed E-state index contributed by atoms with van der Waals surface area (Å²) in [6.45, 7) is 1.43. The second-order valence-corrected chi connectivity index (χ2v) is 9.76. The van der Waals surface area contributed by atoms with Crippen molar-refractivity contribution in [2.24, 2.45) is 5.92 Å². The molecule has 0 aliphatic heterocycles. The van der Waals surface area contributed by atoms with Gasteiger partial charge in [0.2, 0.25) is 15.9 Å². The van der Waals surface area contributed by atoms with Crippen molar-refractivity contribution in [1.82, 2.24) is 10.0 Å². The highest BCUT2D eigenvalue weighted by Gasteiger charge is 2.33. The third kappa shape index (κ3) is 5.39. The van der Waals surface area contributed by atoms with Crippen LogP contribution in [0.25, 0.3) is 0 Å². The molecule has 0 bridgehead atoms. The number of hydrogen-bond donors (Lipinski definition) is 4. The van der Waals surface area contributed by atoms with Gasteiger partial charge in [-0.25, -0.2) is 13.1 Å². The number of nitrogens with one attached hydrogen (secondary N) is 2. The minimum Gasteiger partial charge on any atom is -0.392 e. The molecule has 2 aromatic carbocycles. The Morgan fingerprint density at radius 3 is 2.57 bits per heavy atom. The van der Waals surface area contributed by atoms with Crippen molar-refractivity contribution in [2.45, 2.75) is 42.9 Å². The van der Waals surface area contributed by atoms with Gasteiger partial charge in [-0.15, -0.1) is 0 Å². The predicted molar refractivity (Wildman–Crippen MR) is 113 cm³/mol. The summed E-state index contributed by atoms with van der Waals surface area (Å²) in [4.78, 5) is 12.6. The zero-order valence-corrected chi connectivity index (χ0v) is 18.0. The Morgan fingerprint density at radius 2 is 1.87 bits per heavy atom. The van der Waals surface area contributed by atoms with Gasteiger partial charge in [0, 0.05) is 23.9 Å². The fourth-order valence-electron chi connectivity index (χ4n) is 3.54. The lowest BCUT2D eigenvalue weighted by Gasteiger charge is -2.22. The van der Waals surface area contributed by atoms with Crippen LogP contribution in [-0.2, 0) is 21.2 Å². The van der Waals surface area contributed by atoms with E-state index in [0.29, 0.717) is 11.4 Å². The molecule has 2 aromatic rings. The smallest absolute Gasteiger partial charge is 0.240 e. The molecule has 0 radical (unpaired) electrons. The van der Waals surface area contributed by atoms with Gasteiger partial charge in [-0.05, 0) is 41.8 Å². The van der Waals surface area contributed by atoms with Gasteiger partial charge in [-0.1, -0.05) is 42.8 Å². The number of halogens is 1. The lowest BCUT2D eigenvalue weighted by molar-refractivity contribution is -0.127. The van der Waals surface area contributed by atoms with E-state index in [0.717, 1.165) is 11.1 Å². The molecule has 30 heavy (non-hydrogen) atoms. The second-order valence-electron chi connectivity index (χ2n) is 7.55. The maximum absolute atomic E-state index is 12.6. The largest absolute Gasteiger partial charge is 0.392 e. The average Bonchev–Trinajstić information content (AvgIpc) is 3.02. The number of carbonyl (C=O) groups excluding carboxylic acids is 1. The first-order valence-electron chi connectivity index (χ1n) is 9.67. The van der Waals surface area contributed by atoms with Crippen LogP contribution in [0, 0.1) is 5.92 Å². The van der Waals surface area contributed by atoms with Gasteiger partial charge >= 0.3 is 0 Å². The van der Waals surface area contributed by atoms with Crippen molar-refractivity contribution in [3.05, 3.63) is 64.7 Å². The molecule has 0 saturated carbocycles. The molecule has 0 saturated heterocycles. The summed E-state index contributed by atoms with van der Waals surface area (Å²) in [6, 6.07) is 12.7. The molecule has 4 unspecified atom stereocenters. The minimum atomic E-state index is -3.79. The Hall–Kier alpha value is -1.97. The Balaban J connectivity index is 1.52. The van der Waals surface area contributed by atoms with E-state index < -0.39 is 34.2 Å². The van der Waals surface area contributed by atoms with E-state index in [1.54, 1.807) is 6.92 Å². The topological polar surface area (TPSA) is 116 Å². The van der Waals surface area contributed by atoms with Crippen LogP contribution in [-0.4, -0.2) is 43.3 Å². The summed E-state index contributed by atoms with van der Waals surface area (Å²) in [5, 5.41) is 23.8. The number of hydrogen-bond acceptors (Lipinski definition) is 5. The number of benzene rings is 2. The van der Waals surface area contributed by atoms with E-state index in [1.807, 2.05) is 24.3 Å². The Labute approximate surface area is 181 Å².